The van der Waals surface area contributed by atoms with Gasteiger partial charge in [-0.1, -0.05) is 0 Å². The Kier molecular flexibility index (Phi) is 3.08. The van der Waals surface area contributed by atoms with Gasteiger partial charge in [-0.3, -0.25) is 0 Å². The number of benzene rings is 1. The molecule has 0 amide bonds. The Morgan fingerprint density at radius 2 is 1.92 bits per heavy atom. The summed E-state index contributed by atoms with van der Waals surface area (Å²) < 4.78 is 4.97. The molecule has 0 spiro atoms. The van der Waals surface area contributed by atoms with Crippen molar-refractivity contribution >= 4 is 5.69 Å². The second kappa shape index (κ2) is 4.09. The van der Waals surface area contributed by atoms with Gasteiger partial charge in [-0.15, -0.1) is 0 Å². The lowest BCUT2D eigenvalue weighted by Gasteiger charge is -2.19. The standard InChI is InChI=1S/C9H13NO2/c1-3-10(11)8-4-6-9(12-2)7-5-8/h4-7,10H,3H2,1-2H3. The van der Waals surface area contributed by atoms with Crippen LogP contribution < -0.4 is 9.80 Å². The SMILES string of the molecule is CC[NH+]([O-])c1ccc(OC)cc1. The highest BCUT2D eigenvalue weighted by Crippen LogP contribution is 2.11. The largest absolute Gasteiger partial charge is 0.629 e. The van der Waals surface area contributed by atoms with Crippen LogP contribution in [0.4, 0.5) is 5.69 Å². The fourth-order valence-corrected chi connectivity index (χ4v) is 0.981. The lowest BCUT2D eigenvalue weighted by molar-refractivity contribution is -0.773. The Morgan fingerprint density at radius 3 is 2.33 bits per heavy atom. The molecule has 0 radical (unpaired) electrons. The Labute approximate surface area is 72.1 Å². The number of hydrogen-bond donors (Lipinski definition) is 1. The second-order valence-corrected chi connectivity index (χ2v) is 2.51. The van der Waals surface area contributed by atoms with Gasteiger partial charge in [0.15, 0.2) is 0 Å². The van der Waals surface area contributed by atoms with Crippen LogP contribution in [0.15, 0.2) is 24.3 Å². The van der Waals surface area contributed by atoms with E-state index in [0.717, 1.165) is 11.4 Å². The highest BCUT2D eigenvalue weighted by atomic mass is 16.5. The Bertz CT molecular complexity index is 233. The van der Waals surface area contributed by atoms with E-state index in [9.17, 15) is 5.21 Å². The average molecular weight is 167 g/mol. The van der Waals surface area contributed by atoms with Crippen molar-refractivity contribution in [2.45, 2.75) is 6.92 Å². The molecule has 12 heavy (non-hydrogen) atoms. The van der Waals surface area contributed by atoms with Gasteiger partial charge in [0.05, 0.1) is 13.7 Å². The van der Waals surface area contributed by atoms with E-state index >= 15 is 0 Å². The quantitative estimate of drug-likeness (QED) is 0.674. The number of ether oxygens (including phenoxy) is 1. The highest BCUT2D eigenvalue weighted by Gasteiger charge is 1.98. The fraction of sp³-hybridized carbons (Fsp3) is 0.333. The van der Waals surface area contributed by atoms with Gasteiger partial charge in [0.1, 0.15) is 11.4 Å². The first kappa shape index (κ1) is 9.03. The van der Waals surface area contributed by atoms with Crippen molar-refractivity contribution < 1.29 is 9.80 Å². The van der Waals surface area contributed by atoms with Crippen molar-refractivity contribution in [2.75, 3.05) is 13.7 Å². The van der Waals surface area contributed by atoms with Crippen LogP contribution in [0.3, 0.4) is 0 Å². The summed E-state index contributed by atoms with van der Waals surface area (Å²) in [6.45, 7) is 2.40. The van der Waals surface area contributed by atoms with Crippen molar-refractivity contribution in [3.8, 4) is 5.75 Å². The molecule has 1 rings (SSSR count). The molecule has 0 saturated heterocycles. The first-order chi connectivity index (χ1) is 5.77. The van der Waals surface area contributed by atoms with E-state index in [0.29, 0.717) is 6.54 Å². The summed E-state index contributed by atoms with van der Waals surface area (Å²) in [6, 6.07) is 7.15. The number of hydrogen-bond acceptors (Lipinski definition) is 2. The Balaban J connectivity index is 2.77. The lowest BCUT2D eigenvalue weighted by atomic mass is 10.3. The molecule has 3 nitrogen and oxygen atoms in total. The molecule has 3 heteroatoms. The zero-order valence-corrected chi connectivity index (χ0v) is 7.33. The molecule has 0 saturated carbocycles. The van der Waals surface area contributed by atoms with Crippen LogP contribution in [-0.4, -0.2) is 13.7 Å². The van der Waals surface area contributed by atoms with E-state index in [2.05, 4.69) is 0 Å². The average Bonchev–Trinajstić information content (AvgIpc) is 2.17. The summed E-state index contributed by atoms with van der Waals surface area (Å²) in [6.07, 6.45) is 0. The predicted octanol–water partition coefficient (Wildman–Crippen LogP) is 0.729. The third kappa shape index (κ3) is 1.96. The molecular weight excluding hydrogens is 154 g/mol. The molecule has 0 aromatic heterocycles. The first-order valence-corrected chi connectivity index (χ1v) is 3.95. The molecule has 1 atom stereocenters. The minimum Gasteiger partial charge on any atom is -0.629 e. The van der Waals surface area contributed by atoms with Crippen molar-refractivity contribution in [3.63, 3.8) is 0 Å². The smallest absolute Gasteiger partial charge is 0.131 e. The number of quaternary nitrogens is 1. The molecule has 0 aliphatic carbocycles. The van der Waals surface area contributed by atoms with Crippen LogP contribution in [0.1, 0.15) is 6.92 Å². The zero-order chi connectivity index (χ0) is 8.97. The monoisotopic (exact) mass is 167 g/mol. The second-order valence-electron chi connectivity index (χ2n) is 2.51. The van der Waals surface area contributed by atoms with E-state index in [1.54, 1.807) is 31.4 Å². The Hall–Kier alpha value is -1.06. The molecular formula is C9H13NO2. The Morgan fingerprint density at radius 1 is 1.33 bits per heavy atom. The van der Waals surface area contributed by atoms with Crippen LogP contribution in [0.5, 0.6) is 5.75 Å². The topological polar surface area (TPSA) is 36.7 Å². The van der Waals surface area contributed by atoms with Gasteiger partial charge in [0.25, 0.3) is 0 Å². The van der Waals surface area contributed by atoms with Gasteiger partial charge in [-0.25, -0.2) is 0 Å². The third-order valence-corrected chi connectivity index (χ3v) is 1.73. The highest BCUT2D eigenvalue weighted by molar-refractivity contribution is 5.35. The summed E-state index contributed by atoms with van der Waals surface area (Å²) in [5, 5.41) is 11.3. The van der Waals surface area contributed by atoms with Crippen LogP contribution in [0, 0.1) is 5.21 Å². The van der Waals surface area contributed by atoms with Crippen molar-refractivity contribution in [3.05, 3.63) is 29.5 Å². The van der Waals surface area contributed by atoms with E-state index < -0.39 is 0 Å². The molecule has 1 aromatic rings. The molecule has 1 unspecified atom stereocenters. The minimum atomic E-state index is 0.164. The van der Waals surface area contributed by atoms with Crippen LogP contribution in [0.25, 0.3) is 0 Å². The molecule has 0 bridgehead atoms. The number of rotatable bonds is 3. The maximum atomic E-state index is 11.2. The summed E-state index contributed by atoms with van der Waals surface area (Å²) in [7, 11) is 1.61. The van der Waals surface area contributed by atoms with Gasteiger partial charge < -0.3 is 15.0 Å². The fourth-order valence-electron chi connectivity index (χ4n) is 0.981. The van der Waals surface area contributed by atoms with Crippen LogP contribution in [0.2, 0.25) is 0 Å². The van der Waals surface area contributed by atoms with Crippen LogP contribution >= 0.6 is 0 Å². The van der Waals surface area contributed by atoms with Gasteiger partial charge >= 0.3 is 0 Å². The number of nitrogens with one attached hydrogen (secondary N) is 1. The number of methoxy groups -OCH3 is 1. The summed E-state index contributed by atoms with van der Waals surface area (Å²) in [5.74, 6) is 0.780. The van der Waals surface area contributed by atoms with Crippen molar-refractivity contribution in [1.29, 1.82) is 0 Å². The predicted molar refractivity (Wildman–Crippen MR) is 47.5 cm³/mol. The molecule has 0 heterocycles. The summed E-state index contributed by atoms with van der Waals surface area (Å²) >= 11 is 0. The van der Waals surface area contributed by atoms with E-state index in [1.807, 2.05) is 6.92 Å². The minimum absolute atomic E-state index is 0.164. The normalized spacial score (nSPS) is 12.6. The van der Waals surface area contributed by atoms with Crippen molar-refractivity contribution in [2.24, 2.45) is 0 Å². The molecule has 1 aromatic carbocycles. The first-order valence-electron chi connectivity index (χ1n) is 3.95. The molecule has 0 aliphatic heterocycles. The maximum Gasteiger partial charge on any atom is 0.131 e. The van der Waals surface area contributed by atoms with E-state index in [4.69, 9.17) is 4.74 Å². The van der Waals surface area contributed by atoms with Gasteiger partial charge in [-0.05, 0) is 19.1 Å². The lowest BCUT2D eigenvalue weighted by Crippen LogP contribution is -3.01. The molecule has 66 valence electrons. The van der Waals surface area contributed by atoms with E-state index in [-0.39, 0.29) is 5.06 Å². The molecule has 0 aliphatic rings. The molecule has 1 N–H and O–H groups in total. The molecule has 0 fully saturated rings. The maximum absolute atomic E-state index is 11.2. The van der Waals surface area contributed by atoms with Gasteiger partial charge in [0.2, 0.25) is 0 Å². The van der Waals surface area contributed by atoms with E-state index in [1.165, 1.54) is 0 Å². The number of hydroxylamine groups is 1. The summed E-state index contributed by atoms with van der Waals surface area (Å²) in [4.78, 5) is 0. The third-order valence-electron chi connectivity index (χ3n) is 1.73. The zero-order valence-electron chi connectivity index (χ0n) is 7.33. The van der Waals surface area contributed by atoms with Gasteiger partial charge in [0, 0.05) is 12.1 Å². The summed E-state index contributed by atoms with van der Waals surface area (Å²) in [5.41, 5.74) is 0.748. The van der Waals surface area contributed by atoms with Crippen LogP contribution in [-0.2, 0) is 0 Å². The van der Waals surface area contributed by atoms with Gasteiger partial charge in [-0.2, -0.15) is 0 Å². The van der Waals surface area contributed by atoms with Crippen molar-refractivity contribution in [1.82, 2.24) is 0 Å².